The van der Waals surface area contributed by atoms with Gasteiger partial charge in [0.05, 0.1) is 6.04 Å². The topological polar surface area (TPSA) is 58.4 Å². The number of rotatable bonds is 8. The van der Waals surface area contributed by atoms with Crippen molar-refractivity contribution in [1.29, 1.82) is 0 Å². The average molecular weight is 339 g/mol. The monoisotopic (exact) mass is 339 g/mol. The summed E-state index contributed by atoms with van der Waals surface area (Å²) < 4.78 is 0. The van der Waals surface area contributed by atoms with Gasteiger partial charge in [0, 0.05) is 19.1 Å². The summed E-state index contributed by atoms with van der Waals surface area (Å²) in [6.45, 7) is 5.75. The number of carbonyl (C=O) groups excluding carboxylic acids is 1. The number of nitrogens with two attached hydrogens (primary N) is 1. The zero-order valence-electron chi connectivity index (χ0n) is 15.4. The Kier molecular flexibility index (Phi) is 7.16. The minimum Gasteiger partial charge on any atom is -0.351 e. The van der Waals surface area contributed by atoms with Crippen LogP contribution in [-0.2, 0) is 24.3 Å². The Morgan fingerprint density at radius 1 is 1.04 bits per heavy atom. The molecule has 2 rings (SSSR count). The lowest BCUT2D eigenvalue weighted by Gasteiger charge is -2.21. The van der Waals surface area contributed by atoms with E-state index >= 15 is 0 Å². The van der Waals surface area contributed by atoms with Gasteiger partial charge in [0.1, 0.15) is 0 Å². The second-order valence-corrected chi connectivity index (χ2v) is 6.84. The summed E-state index contributed by atoms with van der Waals surface area (Å²) in [5, 5.41) is 2.94. The Balaban J connectivity index is 1.86. The summed E-state index contributed by atoms with van der Waals surface area (Å²) >= 11 is 0. The third-order valence-corrected chi connectivity index (χ3v) is 4.41. The summed E-state index contributed by atoms with van der Waals surface area (Å²) in [7, 11) is 2.11. The van der Waals surface area contributed by atoms with Gasteiger partial charge in [0.15, 0.2) is 0 Å². The number of nitrogens with zero attached hydrogens (tertiary/aromatic N) is 1. The van der Waals surface area contributed by atoms with Crippen molar-refractivity contribution in [2.75, 3.05) is 7.05 Å². The molecule has 4 nitrogen and oxygen atoms in total. The van der Waals surface area contributed by atoms with E-state index in [0.29, 0.717) is 19.0 Å². The summed E-state index contributed by atoms with van der Waals surface area (Å²) in [5.74, 6) is -0.117. The molecule has 0 saturated carbocycles. The fourth-order valence-corrected chi connectivity index (χ4v) is 2.59. The fraction of sp³-hybridized carbons (Fsp3) is 0.381. The van der Waals surface area contributed by atoms with Gasteiger partial charge >= 0.3 is 0 Å². The summed E-state index contributed by atoms with van der Waals surface area (Å²) in [4.78, 5) is 14.5. The van der Waals surface area contributed by atoms with Crippen molar-refractivity contribution in [1.82, 2.24) is 10.2 Å². The molecule has 1 unspecified atom stereocenters. The van der Waals surface area contributed by atoms with Gasteiger partial charge in [-0.05, 0) is 44.0 Å². The van der Waals surface area contributed by atoms with Crippen LogP contribution in [0, 0.1) is 0 Å². The minimum absolute atomic E-state index is 0.117. The number of amides is 1. The second kappa shape index (κ2) is 9.35. The summed E-state index contributed by atoms with van der Waals surface area (Å²) in [6, 6.07) is 18.1. The van der Waals surface area contributed by atoms with E-state index in [0.717, 1.165) is 17.7 Å². The highest BCUT2D eigenvalue weighted by Crippen LogP contribution is 2.09. The molecule has 0 radical (unpaired) electrons. The maximum absolute atomic E-state index is 12.2. The number of hydrogen-bond acceptors (Lipinski definition) is 3. The van der Waals surface area contributed by atoms with E-state index in [1.165, 1.54) is 5.56 Å². The van der Waals surface area contributed by atoms with Crippen molar-refractivity contribution in [3.05, 3.63) is 71.3 Å². The van der Waals surface area contributed by atoms with Crippen LogP contribution in [0.1, 0.15) is 30.5 Å². The highest BCUT2D eigenvalue weighted by atomic mass is 16.2. The molecule has 0 aromatic heterocycles. The normalized spacial score (nSPS) is 12.4. The molecule has 1 atom stereocenters. The first-order valence-corrected chi connectivity index (χ1v) is 8.81. The van der Waals surface area contributed by atoms with Crippen LogP contribution >= 0.6 is 0 Å². The van der Waals surface area contributed by atoms with E-state index in [1.54, 1.807) is 0 Å². The highest BCUT2D eigenvalue weighted by Gasteiger charge is 2.13. The van der Waals surface area contributed by atoms with Crippen LogP contribution in [0.2, 0.25) is 0 Å². The van der Waals surface area contributed by atoms with E-state index in [-0.39, 0.29) is 5.91 Å². The average Bonchev–Trinajstić information content (AvgIpc) is 2.60. The van der Waals surface area contributed by atoms with Crippen molar-refractivity contribution in [3.63, 3.8) is 0 Å². The molecule has 3 N–H and O–H groups in total. The molecule has 1 amide bonds. The number of hydrogen-bond donors (Lipinski definition) is 2. The molecule has 2 aromatic carbocycles. The zero-order chi connectivity index (χ0) is 18.2. The second-order valence-electron chi connectivity index (χ2n) is 6.84. The van der Waals surface area contributed by atoms with Crippen molar-refractivity contribution in [2.45, 2.75) is 45.4 Å². The lowest BCUT2D eigenvalue weighted by molar-refractivity contribution is -0.122. The zero-order valence-corrected chi connectivity index (χ0v) is 15.4. The molecular weight excluding hydrogens is 310 g/mol. The largest absolute Gasteiger partial charge is 0.351 e. The van der Waals surface area contributed by atoms with Crippen LogP contribution in [0.5, 0.6) is 0 Å². The number of benzene rings is 2. The predicted octanol–water partition coefficient (Wildman–Crippen LogP) is 2.71. The minimum atomic E-state index is -0.530. The van der Waals surface area contributed by atoms with Crippen LogP contribution in [0.3, 0.4) is 0 Å². The van der Waals surface area contributed by atoms with Gasteiger partial charge in [-0.2, -0.15) is 0 Å². The Morgan fingerprint density at radius 3 is 2.36 bits per heavy atom. The van der Waals surface area contributed by atoms with Crippen molar-refractivity contribution >= 4 is 5.91 Å². The van der Waals surface area contributed by atoms with Crippen molar-refractivity contribution < 1.29 is 4.79 Å². The Morgan fingerprint density at radius 2 is 1.68 bits per heavy atom. The van der Waals surface area contributed by atoms with Crippen molar-refractivity contribution in [2.24, 2.45) is 5.73 Å². The first-order valence-electron chi connectivity index (χ1n) is 8.81. The van der Waals surface area contributed by atoms with Gasteiger partial charge in [-0.25, -0.2) is 0 Å². The van der Waals surface area contributed by atoms with Crippen LogP contribution in [-0.4, -0.2) is 29.9 Å². The molecule has 4 heteroatoms. The van der Waals surface area contributed by atoms with Crippen molar-refractivity contribution in [3.8, 4) is 0 Å². The first-order chi connectivity index (χ1) is 12.0. The van der Waals surface area contributed by atoms with E-state index in [4.69, 9.17) is 5.73 Å². The first kappa shape index (κ1) is 19.2. The van der Waals surface area contributed by atoms with Crippen LogP contribution in [0.25, 0.3) is 0 Å². The van der Waals surface area contributed by atoms with Crippen LogP contribution in [0.4, 0.5) is 0 Å². The SMILES string of the molecule is CC(C)N(C)Cc1cccc(CNC(=O)C(N)Cc2ccccc2)c1. The molecule has 0 aliphatic heterocycles. The number of nitrogens with one attached hydrogen (secondary N) is 1. The molecule has 0 saturated heterocycles. The lowest BCUT2D eigenvalue weighted by atomic mass is 10.1. The Labute approximate surface area is 151 Å². The van der Waals surface area contributed by atoms with Gasteiger partial charge in [-0.1, -0.05) is 54.6 Å². The van der Waals surface area contributed by atoms with Crippen LogP contribution in [0.15, 0.2) is 54.6 Å². The highest BCUT2D eigenvalue weighted by molar-refractivity contribution is 5.81. The Hall–Kier alpha value is -2.17. The molecule has 25 heavy (non-hydrogen) atoms. The van der Waals surface area contributed by atoms with Gasteiger partial charge in [-0.3, -0.25) is 9.69 Å². The molecule has 0 aliphatic rings. The third-order valence-electron chi connectivity index (χ3n) is 4.41. The van der Waals surface area contributed by atoms with E-state index in [9.17, 15) is 4.79 Å². The van der Waals surface area contributed by atoms with E-state index < -0.39 is 6.04 Å². The standard InChI is InChI=1S/C21H29N3O/c1-16(2)24(3)15-19-11-7-10-18(12-19)14-23-21(25)20(22)13-17-8-5-4-6-9-17/h4-12,16,20H,13-15,22H2,1-3H3,(H,23,25). The van der Waals surface area contributed by atoms with E-state index in [2.05, 4.69) is 43.2 Å². The quantitative estimate of drug-likeness (QED) is 0.777. The fourth-order valence-electron chi connectivity index (χ4n) is 2.59. The maximum Gasteiger partial charge on any atom is 0.237 e. The Bertz CT molecular complexity index is 670. The lowest BCUT2D eigenvalue weighted by Crippen LogP contribution is -2.41. The summed E-state index contributed by atoms with van der Waals surface area (Å²) in [5.41, 5.74) is 9.44. The van der Waals surface area contributed by atoms with Gasteiger partial charge in [0.2, 0.25) is 5.91 Å². The van der Waals surface area contributed by atoms with Gasteiger partial charge in [-0.15, -0.1) is 0 Å². The summed E-state index contributed by atoms with van der Waals surface area (Å²) in [6.07, 6.45) is 0.548. The predicted molar refractivity (Wildman–Crippen MR) is 103 cm³/mol. The van der Waals surface area contributed by atoms with E-state index in [1.807, 2.05) is 42.5 Å². The molecule has 0 spiro atoms. The molecule has 134 valence electrons. The molecule has 2 aromatic rings. The molecule has 0 fully saturated rings. The molecule has 0 heterocycles. The molecule has 0 aliphatic carbocycles. The number of carbonyl (C=O) groups is 1. The van der Waals surface area contributed by atoms with Gasteiger partial charge < -0.3 is 11.1 Å². The maximum atomic E-state index is 12.2. The smallest absolute Gasteiger partial charge is 0.237 e. The van der Waals surface area contributed by atoms with Gasteiger partial charge in [0.25, 0.3) is 0 Å². The third kappa shape index (κ3) is 6.33. The molecule has 0 bridgehead atoms. The molecular formula is C21H29N3O. The van der Waals surface area contributed by atoms with Crippen LogP contribution < -0.4 is 11.1 Å².